The number of benzene rings is 2. The van der Waals surface area contributed by atoms with Crippen molar-refractivity contribution in [2.75, 3.05) is 39.5 Å². The monoisotopic (exact) mass is 549 g/mol. The van der Waals surface area contributed by atoms with E-state index < -0.39 is 48.3 Å². The van der Waals surface area contributed by atoms with Crippen LogP contribution in [0, 0.1) is 11.6 Å². The van der Waals surface area contributed by atoms with Crippen LogP contribution in [0.2, 0.25) is 0 Å². The first-order chi connectivity index (χ1) is 18.0. The highest BCUT2D eigenvalue weighted by Gasteiger charge is 2.27. The first-order valence-corrected chi connectivity index (χ1v) is 11.6. The first kappa shape index (κ1) is 30.8. The molecular weight excluding hydrogens is 521 g/mol. The molecule has 38 heavy (non-hydrogen) atoms. The molecule has 0 saturated heterocycles. The molecule has 0 spiro atoms. The van der Waals surface area contributed by atoms with Crippen LogP contribution in [0.5, 0.6) is 11.5 Å². The topological polar surface area (TPSA) is 94.5 Å². The van der Waals surface area contributed by atoms with Gasteiger partial charge in [-0.2, -0.15) is 13.2 Å². The molecule has 0 aromatic heterocycles. The zero-order valence-electron chi connectivity index (χ0n) is 20.5. The Balaban J connectivity index is 1.94. The number of nitrogens with zero attached hydrogens (tertiary/aromatic N) is 1. The fourth-order valence-corrected chi connectivity index (χ4v) is 3.18. The molecule has 8 nitrogen and oxygen atoms in total. The van der Waals surface area contributed by atoms with Crippen LogP contribution >= 0.6 is 0 Å². The molecule has 210 valence electrons. The number of ether oxygens (including phenoxy) is 4. The van der Waals surface area contributed by atoms with Crippen molar-refractivity contribution >= 4 is 12.1 Å². The van der Waals surface area contributed by atoms with Crippen molar-refractivity contribution in [3.05, 3.63) is 59.7 Å². The minimum Gasteiger partial charge on any atom is -0.492 e. The lowest BCUT2D eigenvalue weighted by atomic mass is 10.1. The Morgan fingerprint density at radius 1 is 1.03 bits per heavy atom. The van der Waals surface area contributed by atoms with Crippen LogP contribution in [0.1, 0.15) is 18.9 Å². The van der Waals surface area contributed by atoms with E-state index in [1.165, 1.54) is 0 Å². The maximum absolute atomic E-state index is 13.9. The second kappa shape index (κ2) is 15.1. The van der Waals surface area contributed by atoms with E-state index in [-0.39, 0.29) is 45.8 Å². The van der Waals surface area contributed by atoms with Gasteiger partial charge in [0.25, 0.3) is 0 Å². The summed E-state index contributed by atoms with van der Waals surface area (Å²) < 4.78 is 84.0. The van der Waals surface area contributed by atoms with Crippen molar-refractivity contribution in [1.82, 2.24) is 4.90 Å². The predicted molar refractivity (Wildman–Crippen MR) is 124 cm³/mol. The largest absolute Gasteiger partial charge is 0.492 e. The van der Waals surface area contributed by atoms with Crippen molar-refractivity contribution < 1.29 is 55.6 Å². The summed E-state index contributed by atoms with van der Waals surface area (Å²) in [5, 5.41) is 9.19. The van der Waals surface area contributed by atoms with Gasteiger partial charge in [0.1, 0.15) is 24.8 Å². The van der Waals surface area contributed by atoms with Gasteiger partial charge in [-0.1, -0.05) is 12.1 Å². The maximum atomic E-state index is 13.9. The van der Waals surface area contributed by atoms with Crippen LogP contribution in [0.3, 0.4) is 0 Å². The molecule has 0 fully saturated rings. The zero-order chi connectivity index (χ0) is 28.1. The molecule has 2 rings (SSSR count). The fourth-order valence-electron chi connectivity index (χ4n) is 3.18. The summed E-state index contributed by atoms with van der Waals surface area (Å²) in [5.74, 6) is -3.15. The number of amides is 1. The van der Waals surface area contributed by atoms with E-state index in [1.54, 1.807) is 31.2 Å². The molecular formula is C25H28F5NO7. The lowest BCUT2D eigenvalue weighted by Crippen LogP contribution is -2.38. The van der Waals surface area contributed by atoms with Gasteiger partial charge in [-0.25, -0.2) is 18.4 Å². The molecule has 0 aliphatic rings. The molecule has 1 unspecified atom stereocenters. The van der Waals surface area contributed by atoms with Gasteiger partial charge in [-0.15, -0.1) is 0 Å². The Bertz CT molecular complexity index is 1030. The average Bonchev–Trinajstić information content (AvgIpc) is 2.84. The molecule has 0 heterocycles. The van der Waals surface area contributed by atoms with Gasteiger partial charge in [0.15, 0.2) is 17.7 Å². The molecule has 0 aliphatic heterocycles. The number of carbonyl (C=O) groups is 2. The SMILES string of the molecule is CCOC(Cc1ccc(OCCN(CCCOCC(F)(F)F)C(=O)Oc2ccc(F)cc2F)cc1)C(=O)O. The second-order valence-corrected chi connectivity index (χ2v) is 7.93. The number of aliphatic carboxylic acids is 1. The number of hydrogen-bond acceptors (Lipinski definition) is 6. The van der Waals surface area contributed by atoms with Crippen LogP contribution in [0.15, 0.2) is 42.5 Å². The normalized spacial score (nSPS) is 12.2. The molecule has 2 aromatic carbocycles. The van der Waals surface area contributed by atoms with Gasteiger partial charge in [0.2, 0.25) is 0 Å². The number of halogens is 5. The van der Waals surface area contributed by atoms with Crippen molar-refractivity contribution in [2.24, 2.45) is 0 Å². The number of alkyl halides is 3. The Morgan fingerprint density at radius 3 is 2.34 bits per heavy atom. The minimum absolute atomic E-state index is 0.0242. The minimum atomic E-state index is -4.49. The average molecular weight is 549 g/mol. The lowest BCUT2D eigenvalue weighted by molar-refractivity contribution is -0.174. The number of carboxylic acid groups (broad SMARTS) is 1. The third-order valence-electron chi connectivity index (χ3n) is 4.95. The lowest BCUT2D eigenvalue weighted by Gasteiger charge is -2.22. The van der Waals surface area contributed by atoms with Gasteiger partial charge >= 0.3 is 18.2 Å². The standard InChI is InChI=1S/C25H28F5NO7/c1-2-36-22(23(32)33)14-17-4-7-19(8-5-17)37-13-11-31(10-3-12-35-16-25(28,29)30)24(34)38-21-9-6-18(26)15-20(21)27/h4-9,15,22H,2-3,10-14,16H2,1H3,(H,32,33). The highest BCUT2D eigenvalue weighted by molar-refractivity contribution is 5.72. The number of carbonyl (C=O) groups excluding carboxylic acids is 1. The van der Waals surface area contributed by atoms with Gasteiger partial charge in [0.05, 0.1) is 6.54 Å². The maximum Gasteiger partial charge on any atom is 0.415 e. The highest BCUT2D eigenvalue weighted by atomic mass is 19.4. The van der Waals surface area contributed by atoms with E-state index in [0.29, 0.717) is 17.4 Å². The molecule has 0 saturated carbocycles. The van der Waals surface area contributed by atoms with Crippen molar-refractivity contribution in [3.8, 4) is 11.5 Å². The molecule has 1 N–H and O–H groups in total. The number of rotatable bonds is 15. The van der Waals surface area contributed by atoms with E-state index in [0.717, 1.165) is 17.0 Å². The van der Waals surface area contributed by atoms with Gasteiger partial charge < -0.3 is 29.0 Å². The summed E-state index contributed by atoms with van der Waals surface area (Å²) in [7, 11) is 0. The van der Waals surface area contributed by atoms with E-state index in [2.05, 4.69) is 4.74 Å². The summed E-state index contributed by atoms with van der Waals surface area (Å²) in [6.45, 7) is -0.00783. The van der Waals surface area contributed by atoms with Crippen molar-refractivity contribution in [2.45, 2.75) is 32.0 Å². The first-order valence-electron chi connectivity index (χ1n) is 11.6. The van der Waals surface area contributed by atoms with Crippen LogP contribution in [-0.2, 0) is 20.7 Å². The Hall–Kier alpha value is -3.45. The van der Waals surface area contributed by atoms with Gasteiger partial charge in [-0.05, 0) is 43.2 Å². The summed E-state index contributed by atoms with van der Waals surface area (Å²) in [4.78, 5) is 24.9. The molecule has 2 aromatic rings. The van der Waals surface area contributed by atoms with Gasteiger partial charge in [-0.3, -0.25) is 0 Å². The van der Waals surface area contributed by atoms with E-state index >= 15 is 0 Å². The third kappa shape index (κ3) is 11.3. The molecule has 13 heteroatoms. The van der Waals surface area contributed by atoms with Crippen LogP contribution < -0.4 is 9.47 Å². The third-order valence-corrected chi connectivity index (χ3v) is 4.95. The summed E-state index contributed by atoms with van der Waals surface area (Å²) in [6.07, 6.45) is -6.31. The Morgan fingerprint density at radius 2 is 1.74 bits per heavy atom. The second-order valence-electron chi connectivity index (χ2n) is 7.93. The summed E-state index contributed by atoms with van der Waals surface area (Å²) in [5.41, 5.74) is 0.698. The molecule has 1 atom stereocenters. The predicted octanol–water partition coefficient (Wildman–Crippen LogP) is 4.85. The number of hydrogen-bond donors (Lipinski definition) is 1. The molecule has 0 aliphatic carbocycles. The quantitative estimate of drug-likeness (QED) is 0.251. The Labute approximate surface area is 215 Å². The van der Waals surface area contributed by atoms with Crippen LogP contribution in [-0.4, -0.2) is 73.9 Å². The van der Waals surface area contributed by atoms with E-state index in [9.17, 15) is 36.6 Å². The van der Waals surface area contributed by atoms with Crippen LogP contribution in [0.25, 0.3) is 0 Å². The summed E-state index contributed by atoms with van der Waals surface area (Å²) >= 11 is 0. The zero-order valence-corrected chi connectivity index (χ0v) is 20.5. The van der Waals surface area contributed by atoms with Gasteiger partial charge in [0, 0.05) is 32.2 Å². The van der Waals surface area contributed by atoms with Crippen molar-refractivity contribution in [3.63, 3.8) is 0 Å². The summed E-state index contributed by atoms with van der Waals surface area (Å²) in [6, 6.07) is 8.89. The van der Waals surface area contributed by atoms with Crippen molar-refractivity contribution in [1.29, 1.82) is 0 Å². The fraction of sp³-hybridized carbons (Fsp3) is 0.440. The van der Waals surface area contributed by atoms with Crippen LogP contribution in [0.4, 0.5) is 26.7 Å². The Kier molecular flexibility index (Phi) is 12.2. The van der Waals surface area contributed by atoms with E-state index in [1.807, 2.05) is 0 Å². The smallest absolute Gasteiger partial charge is 0.415 e. The van der Waals surface area contributed by atoms with E-state index in [4.69, 9.17) is 14.2 Å². The highest BCUT2D eigenvalue weighted by Crippen LogP contribution is 2.19. The molecule has 1 amide bonds. The molecule has 0 bridgehead atoms. The number of carboxylic acids is 1. The molecule has 0 radical (unpaired) electrons.